The van der Waals surface area contributed by atoms with Crippen molar-refractivity contribution >= 4 is 0 Å². The van der Waals surface area contributed by atoms with E-state index in [0.717, 1.165) is 30.8 Å². The highest BCUT2D eigenvalue weighted by Crippen LogP contribution is 2.30. The Balaban J connectivity index is 2.03. The molecule has 2 aromatic rings. The van der Waals surface area contributed by atoms with E-state index in [0.29, 0.717) is 17.4 Å². The van der Waals surface area contributed by atoms with Gasteiger partial charge >= 0.3 is 0 Å². The molecule has 0 aliphatic heterocycles. The van der Waals surface area contributed by atoms with Crippen LogP contribution in [0.1, 0.15) is 24.6 Å². The lowest BCUT2D eigenvalue weighted by Gasteiger charge is -2.10. The molecule has 0 aliphatic carbocycles. The van der Waals surface area contributed by atoms with Crippen LogP contribution in [0.5, 0.6) is 17.4 Å². The molecule has 1 aromatic heterocycles. The third kappa shape index (κ3) is 4.43. The first kappa shape index (κ1) is 15.3. The van der Waals surface area contributed by atoms with Crippen molar-refractivity contribution in [3.8, 4) is 17.4 Å². The molecule has 2 rings (SSSR count). The molecule has 5 heteroatoms. The first-order chi connectivity index (χ1) is 10.2. The smallest absolute Gasteiger partial charge is 0.238 e. The lowest BCUT2D eigenvalue weighted by molar-refractivity contribution is 0.373. The van der Waals surface area contributed by atoms with Crippen molar-refractivity contribution in [2.45, 2.75) is 26.8 Å². The molecular formula is C16H21N3O2. The van der Waals surface area contributed by atoms with Gasteiger partial charge in [-0.05, 0) is 37.6 Å². The Morgan fingerprint density at radius 1 is 1.14 bits per heavy atom. The van der Waals surface area contributed by atoms with Crippen LogP contribution in [0.15, 0.2) is 30.6 Å². The number of benzene rings is 1. The number of aryl methyl sites for hydroxylation is 1. The van der Waals surface area contributed by atoms with E-state index in [4.69, 9.17) is 9.47 Å². The van der Waals surface area contributed by atoms with Crippen molar-refractivity contribution in [1.29, 1.82) is 0 Å². The lowest BCUT2D eigenvalue weighted by atomic mass is 10.2. The molecule has 0 aliphatic rings. The Bertz CT molecular complexity index is 570. The summed E-state index contributed by atoms with van der Waals surface area (Å²) in [7, 11) is 1.62. The summed E-state index contributed by atoms with van der Waals surface area (Å²) in [5.41, 5.74) is 2.01. The second-order valence-electron chi connectivity index (χ2n) is 4.78. The number of hydrogen-bond acceptors (Lipinski definition) is 5. The minimum Gasteiger partial charge on any atom is -0.493 e. The van der Waals surface area contributed by atoms with Gasteiger partial charge in [-0.25, -0.2) is 4.98 Å². The SMILES string of the molecule is CCCNCc1cnc(Oc2ccc(C)cc2OC)cn1. The fraction of sp³-hybridized carbons (Fsp3) is 0.375. The molecule has 0 spiro atoms. The molecule has 0 amide bonds. The van der Waals surface area contributed by atoms with E-state index in [9.17, 15) is 0 Å². The highest BCUT2D eigenvalue weighted by Gasteiger charge is 2.07. The van der Waals surface area contributed by atoms with Crippen molar-refractivity contribution in [2.24, 2.45) is 0 Å². The zero-order valence-electron chi connectivity index (χ0n) is 12.7. The van der Waals surface area contributed by atoms with Gasteiger partial charge in [0.2, 0.25) is 5.88 Å². The van der Waals surface area contributed by atoms with Crippen LogP contribution < -0.4 is 14.8 Å². The molecule has 0 unspecified atom stereocenters. The molecule has 0 fully saturated rings. The van der Waals surface area contributed by atoms with Crippen LogP contribution >= 0.6 is 0 Å². The number of ether oxygens (including phenoxy) is 2. The molecule has 1 N–H and O–H groups in total. The summed E-state index contributed by atoms with van der Waals surface area (Å²) in [6.45, 7) is 5.82. The van der Waals surface area contributed by atoms with Crippen LogP contribution in [0.25, 0.3) is 0 Å². The molecule has 0 saturated carbocycles. The maximum absolute atomic E-state index is 5.72. The minimum atomic E-state index is 0.455. The zero-order chi connectivity index (χ0) is 15.1. The number of nitrogens with zero attached hydrogens (tertiary/aromatic N) is 2. The Kier molecular flexibility index (Phi) is 5.51. The average molecular weight is 287 g/mol. The van der Waals surface area contributed by atoms with Gasteiger partial charge in [0.15, 0.2) is 11.5 Å². The van der Waals surface area contributed by atoms with Crippen molar-refractivity contribution < 1.29 is 9.47 Å². The Morgan fingerprint density at radius 2 is 2.00 bits per heavy atom. The fourth-order valence-electron chi connectivity index (χ4n) is 1.85. The summed E-state index contributed by atoms with van der Waals surface area (Å²) in [4.78, 5) is 8.60. The van der Waals surface area contributed by atoms with Gasteiger partial charge in [-0.2, -0.15) is 0 Å². The van der Waals surface area contributed by atoms with E-state index in [1.165, 1.54) is 0 Å². The average Bonchev–Trinajstić information content (AvgIpc) is 2.51. The monoisotopic (exact) mass is 287 g/mol. The number of aromatic nitrogens is 2. The number of rotatable bonds is 7. The highest BCUT2D eigenvalue weighted by molar-refractivity contribution is 5.44. The van der Waals surface area contributed by atoms with Crippen LogP contribution in [-0.4, -0.2) is 23.6 Å². The highest BCUT2D eigenvalue weighted by atomic mass is 16.5. The van der Waals surface area contributed by atoms with Crippen LogP contribution in [-0.2, 0) is 6.54 Å². The van der Waals surface area contributed by atoms with E-state index in [2.05, 4.69) is 22.2 Å². The predicted octanol–water partition coefficient (Wildman–Crippen LogP) is 3.09. The zero-order valence-corrected chi connectivity index (χ0v) is 12.7. The van der Waals surface area contributed by atoms with Crippen molar-refractivity contribution in [2.75, 3.05) is 13.7 Å². The molecule has 1 aromatic carbocycles. The maximum Gasteiger partial charge on any atom is 0.238 e. The number of nitrogens with one attached hydrogen (secondary N) is 1. The molecule has 0 atom stereocenters. The quantitative estimate of drug-likeness (QED) is 0.793. The van der Waals surface area contributed by atoms with Gasteiger partial charge < -0.3 is 14.8 Å². The summed E-state index contributed by atoms with van der Waals surface area (Å²) in [6, 6.07) is 5.76. The van der Waals surface area contributed by atoms with Gasteiger partial charge in [-0.1, -0.05) is 13.0 Å². The maximum atomic E-state index is 5.72. The van der Waals surface area contributed by atoms with Crippen LogP contribution in [0.2, 0.25) is 0 Å². The minimum absolute atomic E-state index is 0.455. The van der Waals surface area contributed by atoms with Gasteiger partial charge in [0, 0.05) is 6.54 Å². The van der Waals surface area contributed by atoms with Gasteiger partial charge in [0.25, 0.3) is 0 Å². The standard InChI is InChI=1S/C16H21N3O2/c1-4-7-17-9-13-10-19-16(11-18-13)21-14-6-5-12(2)8-15(14)20-3/h5-6,8,10-11,17H,4,7,9H2,1-3H3. The van der Waals surface area contributed by atoms with Gasteiger partial charge in [-0.15, -0.1) is 0 Å². The second kappa shape index (κ2) is 7.59. The molecule has 21 heavy (non-hydrogen) atoms. The van der Waals surface area contributed by atoms with E-state index >= 15 is 0 Å². The van der Waals surface area contributed by atoms with Crippen LogP contribution in [0, 0.1) is 6.92 Å². The molecule has 112 valence electrons. The summed E-state index contributed by atoms with van der Waals surface area (Å²) in [6.07, 6.45) is 4.45. The molecule has 0 bridgehead atoms. The summed E-state index contributed by atoms with van der Waals surface area (Å²) in [5, 5.41) is 3.28. The Labute approximate surface area is 125 Å². The lowest BCUT2D eigenvalue weighted by Crippen LogP contribution is -2.14. The summed E-state index contributed by atoms with van der Waals surface area (Å²) < 4.78 is 11.0. The second-order valence-corrected chi connectivity index (χ2v) is 4.78. The summed E-state index contributed by atoms with van der Waals surface area (Å²) in [5.74, 6) is 1.77. The van der Waals surface area contributed by atoms with Crippen LogP contribution in [0.3, 0.4) is 0 Å². The van der Waals surface area contributed by atoms with E-state index in [-0.39, 0.29) is 0 Å². The predicted molar refractivity (Wildman–Crippen MR) is 81.8 cm³/mol. The molecule has 0 saturated heterocycles. The first-order valence-corrected chi connectivity index (χ1v) is 7.07. The molecular weight excluding hydrogens is 266 g/mol. The number of methoxy groups -OCH3 is 1. The third-order valence-electron chi connectivity index (χ3n) is 2.95. The van der Waals surface area contributed by atoms with Crippen LogP contribution in [0.4, 0.5) is 0 Å². The molecule has 1 heterocycles. The fourth-order valence-corrected chi connectivity index (χ4v) is 1.85. The topological polar surface area (TPSA) is 56.3 Å². The first-order valence-electron chi connectivity index (χ1n) is 7.07. The normalized spacial score (nSPS) is 10.4. The van der Waals surface area contributed by atoms with Gasteiger partial charge in [-0.3, -0.25) is 4.98 Å². The van der Waals surface area contributed by atoms with Gasteiger partial charge in [0.05, 0.1) is 25.2 Å². The Hall–Kier alpha value is -2.14. The van der Waals surface area contributed by atoms with Crippen molar-refractivity contribution in [1.82, 2.24) is 15.3 Å². The van der Waals surface area contributed by atoms with E-state index < -0.39 is 0 Å². The van der Waals surface area contributed by atoms with Crippen molar-refractivity contribution in [3.05, 3.63) is 41.9 Å². The van der Waals surface area contributed by atoms with Gasteiger partial charge in [0.1, 0.15) is 0 Å². The molecule has 0 radical (unpaired) electrons. The van der Waals surface area contributed by atoms with E-state index in [1.54, 1.807) is 19.5 Å². The number of hydrogen-bond donors (Lipinski definition) is 1. The third-order valence-corrected chi connectivity index (χ3v) is 2.95. The van der Waals surface area contributed by atoms with E-state index in [1.807, 2.05) is 25.1 Å². The van der Waals surface area contributed by atoms with Crippen molar-refractivity contribution in [3.63, 3.8) is 0 Å². The Morgan fingerprint density at radius 3 is 2.67 bits per heavy atom. The largest absolute Gasteiger partial charge is 0.493 e. The summed E-state index contributed by atoms with van der Waals surface area (Å²) >= 11 is 0. The molecule has 5 nitrogen and oxygen atoms in total.